The van der Waals surface area contributed by atoms with Crippen LogP contribution in [0.15, 0.2) is 182 Å². The average Bonchev–Trinajstić information content (AvgIpc) is 3.92. The van der Waals surface area contributed by atoms with E-state index in [4.69, 9.17) is 15.0 Å². The molecule has 0 radical (unpaired) electrons. The summed E-state index contributed by atoms with van der Waals surface area (Å²) in [4.78, 5) is 15.6. The molecule has 9 aromatic carbocycles. The summed E-state index contributed by atoms with van der Waals surface area (Å²) >= 11 is 0. The van der Waals surface area contributed by atoms with Crippen molar-refractivity contribution in [3.8, 4) is 34.4 Å². The first kappa shape index (κ1) is 31.0. The molecular formula is C53H30N6. The molecule has 0 fully saturated rings. The van der Waals surface area contributed by atoms with Gasteiger partial charge in [0.05, 0.1) is 38.6 Å². The zero-order valence-corrected chi connectivity index (χ0v) is 31.5. The van der Waals surface area contributed by atoms with Gasteiger partial charge >= 0.3 is 0 Å². The highest BCUT2D eigenvalue weighted by atomic mass is 15.2. The predicted octanol–water partition coefficient (Wildman–Crippen LogP) is 13.1. The van der Waals surface area contributed by atoms with Gasteiger partial charge in [-0.3, -0.25) is 4.57 Å². The van der Waals surface area contributed by atoms with E-state index in [0.717, 1.165) is 38.6 Å². The molecule has 0 aliphatic carbocycles. The van der Waals surface area contributed by atoms with Gasteiger partial charge in [0.1, 0.15) is 0 Å². The summed E-state index contributed by atoms with van der Waals surface area (Å²) in [6.07, 6.45) is 0. The predicted molar refractivity (Wildman–Crippen MR) is 243 cm³/mol. The third-order valence-corrected chi connectivity index (χ3v) is 12.6. The quantitative estimate of drug-likeness (QED) is 0.180. The minimum absolute atomic E-state index is 0.584. The van der Waals surface area contributed by atoms with Crippen LogP contribution in [0.25, 0.3) is 127 Å². The van der Waals surface area contributed by atoms with Crippen LogP contribution in [0.1, 0.15) is 0 Å². The monoisotopic (exact) mass is 750 g/mol. The van der Waals surface area contributed by atoms with Gasteiger partial charge in [-0.15, -0.1) is 0 Å². The maximum atomic E-state index is 5.29. The smallest absolute Gasteiger partial charge is 0.238 e. The summed E-state index contributed by atoms with van der Waals surface area (Å²) in [5, 5.41) is 12.5. The third kappa shape index (κ3) is 4.06. The number of hydrogen-bond acceptors (Lipinski definition) is 3. The number of hydrogen-bond donors (Lipinski definition) is 0. The van der Waals surface area contributed by atoms with Crippen molar-refractivity contribution in [3.63, 3.8) is 0 Å². The van der Waals surface area contributed by atoms with Crippen molar-refractivity contribution in [1.82, 2.24) is 28.5 Å². The SMILES string of the molecule is c1ccc(-c2nc(-c3cccc(-n4c5ccc6cccc7c6c5c5c6c(ccc8c9ccccc9n7c86)ccc54)c3)nc(-n3c4ccccc4c4ccccc43)n2)cc1. The molecular weight excluding hydrogens is 721 g/mol. The summed E-state index contributed by atoms with van der Waals surface area (Å²) in [6.45, 7) is 0. The number of fused-ring (bicyclic) bond motifs is 7. The topological polar surface area (TPSA) is 52.9 Å². The summed E-state index contributed by atoms with van der Waals surface area (Å²) in [5.74, 6) is 1.83. The molecule has 0 atom stereocenters. The van der Waals surface area contributed by atoms with Crippen molar-refractivity contribution < 1.29 is 0 Å². The van der Waals surface area contributed by atoms with Crippen molar-refractivity contribution >= 4 is 92.5 Å². The second-order valence-corrected chi connectivity index (χ2v) is 15.6. The highest BCUT2D eigenvalue weighted by Crippen LogP contribution is 2.47. The number of aromatic nitrogens is 6. The maximum Gasteiger partial charge on any atom is 0.238 e. The lowest BCUT2D eigenvalue weighted by Gasteiger charge is -2.13. The van der Waals surface area contributed by atoms with Crippen LogP contribution in [0.3, 0.4) is 0 Å². The molecule has 272 valence electrons. The van der Waals surface area contributed by atoms with Crippen molar-refractivity contribution in [2.24, 2.45) is 0 Å². The number of para-hydroxylation sites is 3. The molecule has 0 aliphatic rings. The van der Waals surface area contributed by atoms with E-state index in [1.807, 2.05) is 18.2 Å². The second kappa shape index (κ2) is 11.3. The van der Waals surface area contributed by atoms with Gasteiger partial charge in [-0.1, -0.05) is 133 Å². The summed E-state index contributed by atoms with van der Waals surface area (Å²) < 4.78 is 7.12. The van der Waals surface area contributed by atoms with Gasteiger partial charge in [0, 0.05) is 59.9 Å². The van der Waals surface area contributed by atoms with Crippen LogP contribution in [0.4, 0.5) is 0 Å². The van der Waals surface area contributed by atoms with E-state index < -0.39 is 0 Å². The molecule has 6 heteroatoms. The largest absolute Gasteiger partial charge is 0.309 e. The van der Waals surface area contributed by atoms with Crippen molar-refractivity contribution in [3.05, 3.63) is 182 Å². The molecule has 0 unspecified atom stereocenters. The Kier molecular flexibility index (Phi) is 5.93. The Balaban J connectivity index is 1.06. The minimum atomic E-state index is 0.584. The molecule has 0 saturated carbocycles. The number of benzene rings is 9. The van der Waals surface area contributed by atoms with Gasteiger partial charge in [0.15, 0.2) is 11.6 Å². The standard InChI is InChI=1S/C53H30N6/c1-2-12-33(13-3-1)51-54-52(56-53(55-51)59-41-21-8-4-17-36(41)37-18-5-9-22-42(37)59)34-15-10-16-35(30-34)57-44-28-25-31-14-11-23-43-46(31)48(44)49-45(57)29-26-32-24-27-39-38-19-6-7-20-40(38)58(43)50(39)47(32)49/h1-30H. The Morgan fingerprint density at radius 2 is 0.881 bits per heavy atom. The molecule has 0 spiro atoms. The van der Waals surface area contributed by atoms with Crippen LogP contribution < -0.4 is 0 Å². The second-order valence-electron chi connectivity index (χ2n) is 15.6. The fourth-order valence-electron chi connectivity index (χ4n) is 10.2. The fraction of sp³-hybridized carbons (Fsp3) is 0. The van der Waals surface area contributed by atoms with E-state index in [1.165, 1.54) is 70.7 Å². The Bertz CT molecular complexity index is 3970. The lowest BCUT2D eigenvalue weighted by molar-refractivity contribution is 0.953. The zero-order chi connectivity index (χ0) is 38.3. The molecule has 0 N–H and O–H groups in total. The zero-order valence-electron chi connectivity index (χ0n) is 31.5. The molecule has 0 amide bonds. The Morgan fingerprint density at radius 1 is 0.322 bits per heavy atom. The highest BCUT2D eigenvalue weighted by Gasteiger charge is 2.25. The van der Waals surface area contributed by atoms with Crippen LogP contribution >= 0.6 is 0 Å². The van der Waals surface area contributed by atoms with Crippen LogP contribution in [0.5, 0.6) is 0 Å². The van der Waals surface area contributed by atoms with Gasteiger partial charge in [0.2, 0.25) is 5.95 Å². The molecule has 14 rings (SSSR count). The average molecular weight is 751 g/mol. The van der Waals surface area contributed by atoms with Crippen LogP contribution in [-0.2, 0) is 0 Å². The molecule has 59 heavy (non-hydrogen) atoms. The van der Waals surface area contributed by atoms with E-state index in [1.54, 1.807) is 0 Å². The summed E-state index contributed by atoms with van der Waals surface area (Å²) in [7, 11) is 0. The van der Waals surface area contributed by atoms with Gasteiger partial charge < -0.3 is 8.97 Å². The van der Waals surface area contributed by atoms with Gasteiger partial charge in [-0.25, -0.2) is 4.98 Å². The molecule has 0 saturated heterocycles. The van der Waals surface area contributed by atoms with Gasteiger partial charge in [0.25, 0.3) is 0 Å². The van der Waals surface area contributed by atoms with Crippen LogP contribution in [0, 0.1) is 0 Å². The van der Waals surface area contributed by atoms with Crippen LogP contribution in [0.2, 0.25) is 0 Å². The maximum absolute atomic E-state index is 5.29. The van der Waals surface area contributed by atoms with E-state index in [0.29, 0.717) is 17.6 Å². The summed E-state index contributed by atoms with van der Waals surface area (Å²) in [6, 6.07) is 65.2. The van der Waals surface area contributed by atoms with Crippen molar-refractivity contribution in [1.29, 1.82) is 0 Å². The molecule has 6 nitrogen and oxygen atoms in total. The molecule has 14 aromatic rings. The van der Waals surface area contributed by atoms with Crippen molar-refractivity contribution in [2.75, 3.05) is 0 Å². The molecule has 5 aromatic heterocycles. The molecule has 0 aliphatic heterocycles. The third-order valence-electron chi connectivity index (χ3n) is 12.6. The first-order chi connectivity index (χ1) is 29.3. The lowest BCUT2D eigenvalue weighted by atomic mass is 9.98. The van der Waals surface area contributed by atoms with Gasteiger partial charge in [-0.05, 0) is 59.3 Å². The first-order valence-electron chi connectivity index (χ1n) is 20.0. The summed E-state index contributed by atoms with van der Waals surface area (Å²) in [5.41, 5.74) is 11.1. The van der Waals surface area contributed by atoms with E-state index in [-0.39, 0.29) is 0 Å². The highest BCUT2D eigenvalue weighted by molar-refractivity contribution is 6.37. The van der Waals surface area contributed by atoms with E-state index in [9.17, 15) is 0 Å². The molecule has 0 bridgehead atoms. The Labute approximate surface area is 336 Å². The Morgan fingerprint density at radius 3 is 1.63 bits per heavy atom. The fourth-order valence-corrected chi connectivity index (χ4v) is 10.2. The van der Waals surface area contributed by atoms with Crippen molar-refractivity contribution in [2.45, 2.75) is 0 Å². The van der Waals surface area contributed by atoms with E-state index >= 15 is 0 Å². The van der Waals surface area contributed by atoms with Gasteiger partial charge in [-0.2, -0.15) is 9.97 Å². The number of rotatable bonds is 4. The lowest BCUT2D eigenvalue weighted by Crippen LogP contribution is -2.06. The first-order valence-corrected chi connectivity index (χ1v) is 20.0. The van der Waals surface area contributed by atoms with Crippen LogP contribution in [-0.4, -0.2) is 28.5 Å². The minimum Gasteiger partial charge on any atom is -0.309 e. The van der Waals surface area contributed by atoms with E-state index in [2.05, 4.69) is 177 Å². The normalized spacial score (nSPS) is 12.4. The number of nitrogens with zero attached hydrogens (tertiary/aromatic N) is 6. The Hall–Kier alpha value is -8.09. The molecule has 5 heterocycles.